The van der Waals surface area contributed by atoms with E-state index in [4.69, 9.17) is 14.6 Å². The third-order valence-corrected chi connectivity index (χ3v) is 3.99. The molecule has 0 amide bonds. The van der Waals surface area contributed by atoms with Gasteiger partial charge in [-0.3, -0.25) is 4.79 Å². The number of para-hydroxylation sites is 2. The minimum atomic E-state index is -0.893. The highest BCUT2D eigenvalue weighted by Gasteiger charge is 2.27. The number of thioether (sulfide) groups is 1. The molecule has 0 bridgehead atoms. The van der Waals surface area contributed by atoms with Gasteiger partial charge in [-0.25, -0.2) is 0 Å². The van der Waals surface area contributed by atoms with Crippen LogP contribution in [0.25, 0.3) is 0 Å². The summed E-state index contributed by atoms with van der Waals surface area (Å²) in [5.74, 6) is 1.03. The van der Waals surface area contributed by atoms with Crippen LogP contribution in [-0.2, 0) is 11.8 Å². The molecular formula is C13H13N3O4S. The van der Waals surface area contributed by atoms with Gasteiger partial charge in [-0.15, -0.1) is 10.2 Å². The summed E-state index contributed by atoms with van der Waals surface area (Å²) in [6, 6.07) is 7.43. The molecule has 0 aliphatic carbocycles. The van der Waals surface area contributed by atoms with Gasteiger partial charge in [0, 0.05) is 7.05 Å². The van der Waals surface area contributed by atoms with Crippen LogP contribution in [0.5, 0.6) is 11.5 Å². The average molecular weight is 307 g/mol. The molecule has 8 heteroatoms. The van der Waals surface area contributed by atoms with Gasteiger partial charge in [0.1, 0.15) is 6.61 Å². The molecule has 1 unspecified atom stereocenters. The first-order chi connectivity index (χ1) is 10.1. The molecule has 1 atom stereocenters. The number of nitrogens with zero attached hydrogens (tertiary/aromatic N) is 3. The lowest BCUT2D eigenvalue weighted by atomic mass is 10.2. The summed E-state index contributed by atoms with van der Waals surface area (Å²) < 4.78 is 13.2. The molecule has 0 spiro atoms. The lowest BCUT2D eigenvalue weighted by Crippen LogP contribution is -2.24. The number of rotatable bonds is 4. The SMILES string of the molecule is Cn1c(SCC(=O)O)nnc1C1COc2ccccc2O1. The van der Waals surface area contributed by atoms with Crippen LogP contribution in [0.1, 0.15) is 11.9 Å². The summed E-state index contributed by atoms with van der Waals surface area (Å²) in [5.41, 5.74) is 0. The molecule has 1 aliphatic heterocycles. The molecule has 0 fully saturated rings. The molecule has 1 aromatic heterocycles. The fourth-order valence-electron chi connectivity index (χ4n) is 2.01. The van der Waals surface area contributed by atoms with E-state index in [1.165, 1.54) is 0 Å². The molecule has 110 valence electrons. The third kappa shape index (κ3) is 2.80. The maximum absolute atomic E-state index is 10.6. The van der Waals surface area contributed by atoms with Gasteiger partial charge in [0.15, 0.2) is 28.6 Å². The van der Waals surface area contributed by atoms with E-state index in [9.17, 15) is 4.79 Å². The molecule has 2 aromatic rings. The topological polar surface area (TPSA) is 86.5 Å². The second-order valence-electron chi connectivity index (χ2n) is 4.45. The maximum Gasteiger partial charge on any atom is 0.313 e. The van der Waals surface area contributed by atoms with Crippen molar-refractivity contribution in [1.82, 2.24) is 14.8 Å². The third-order valence-electron chi connectivity index (χ3n) is 2.99. The summed E-state index contributed by atoms with van der Waals surface area (Å²) in [5, 5.41) is 17.3. The lowest BCUT2D eigenvalue weighted by molar-refractivity contribution is -0.133. The van der Waals surface area contributed by atoms with Gasteiger partial charge in [-0.05, 0) is 12.1 Å². The van der Waals surface area contributed by atoms with Crippen molar-refractivity contribution in [3.63, 3.8) is 0 Å². The van der Waals surface area contributed by atoms with Crippen LogP contribution in [0.4, 0.5) is 0 Å². The summed E-state index contributed by atoms with van der Waals surface area (Å²) in [6.07, 6.45) is -0.364. The number of carboxylic acid groups (broad SMARTS) is 1. The summed E-state index contributed by atoms with van der Waals surface area (Å²) in [7, 11) is 1.78. The van der Waals surface area contributed by atoms with Gasteiger partial charge in [-0.1, -0.05) is 23.9 Å². The van der Waals surface area contributed by atoms with Gasteiger partial charge >= 0.3 is 5.97 Å². The summed E-state index contributed by atoms with van der Waals surface area (Å²) in [6.45, 7) is 0.340. The first-order valence-corrected chi connectivity index (χ1v) is 7.26. The zero-order valence-corrected chi connectivity index (χ0v) is 12.0. The van der Waals surface area contributed by atoms with Crippen LogP contribution >= 0.6 is 11.8 Å². The van der Waals surface area contributed by atoms with E-state index < -0.39 is 5.97 Å². The number of hydrogen-bond donors (Lipinski definition) is 1. The zero-order valence-electron chi connectivity index (χ0n) is 11.2. The standard InChI is InChI=1S/C13H13N3O4S/c1-16-12(14-15-13(16)21-7-11(17)18)10-6-19-8-4-2-3-5-9(8)20-10/h2-5,10H,6-7H2,1H3,(H,17,18). The summed E-state index contributed by atoms with van der Waals surface area (Å²) in [4.78, 5) is 10.6. The van der Waals surface area contributed by atoms with Crippen molar-refractivity contribution in [3.8, 4) is 11.5 Å². The van der Waals surface area contributed by atoms with Crippen molar-refractivity contribution in [2.45, 2.75) is 11.3 Å². The van der Waals surface area contributed by atoms with Gasteiger partial charge in [0.05, 0.1) is 5.75 Å². The predicted octanol–water partition coefficient (Wildman–Crippen LogP) is 1.50. The quantitative estimate of drug-likeness (QED) is 0.857. The Balaban J connectivity index is 1.78. The Morgan fingerprint density at radius 1 is 1.43 bits per heavy atom. The Morgan fingerprint density at radius 2 is 2.19 bits per heavy atom. The van der Waals surface area contributed by atoms with E-state index in [0.29, 0.717) is 29.1 Å². The molecular weight excluding hydrogens is 294 g/mol. The smallest absolute Gasteiger partial charge is 0.313 e. The van der Waals surface area contributed by atoms with E-state index in [1.54, 1.807) is 11.6 Å². The number of fused-ring (bicyclic) bond motifs is 1. The van der Waals surface area contributed by atoms with Crippen LogP contribution in [0.2, 0.25) is 0 Å². The first kappa shape index (κ1) is 13.7. The second-order valence-corrected chi connectivity index (χ2v) is 5.39. The van der Waals surface area contributed by atoms with E-state index >= 15 is 0 Å². The normalized spacial score (nSPS) is 16.7. The Morgan fingerprint density at radius 3 is 2.95 bits per heavy atom. The minimum Gasteiger partial charge on any atom is -0.485 e. The number of carboxylic acids is 1. The molecule has 21 heavy (non-hydrogen) atoms. The van der Waals surface area contributed by atoms with Gasteiger partial charge in [0.25, 0.3) is 0 Å². The molecule has 1 N–H and O–H groups in total. The van der Waals surface area contributed by atoms with Crippen molar-refractivity contribution in [2.24, 2.45) is 7.05 Å². The summed E-state index contributed by atoms with van der Waals surface area (Å²) >= 11 is 1.12. The van der Waals surface area contributed by atoms with Gasteiger partial charge in [0.2, 0.25) is 0 Å². The zero-order chi connectivity index (χ0) is 14.8. The van der Waals surface area contributed by atoms with Crippen LogP contribution in [0.3, 0.4) is 0 Å². The Kier molecular flexibility index (Phi) is 3.70. The number of aromatic nitrogens is 3. The largest absolute Gasteiger partial charge is 0.485 e. The van der Waals surface area contributed by atoms with E-state index in [-0.39, 0.29) is 11.9 Å². The fraction of sp³-hybridized carbons (Fsp3) is 0.308. The van der Waals surface area contributed by atoms with Crippen LogP contribution < -0.4 is 9.47 Å². The van der Waals surface area contributed by atoms with Gasteiger partial charge in [-0.2, -0.15) is 0 Å². The highest BCUT2D eigenvalue weighted by atomic mass is 32.2. The Labute approximate surface area is 124 Å². The highest BCUT2D eigenvalue weighted by Crippen LogP contribution is 2.35. The van der Waals surface area contributed by atoms with E-state index in [1.807, 2.05) is 24.3 Å². The lowest BCUT2D eigenvalue weighted by Gasteiger charge is -2.25. The van der Waals surface area contributed by atoms with Crippen LogP contribution in [-0.4, -0.2) is 38.2 Å². The average Bonchev–Trinajstić information content (AvgIpc) is 2.85. The monoisotopic (exact) mass is 307 g/mol. The molecule has 0 radical (unpaired) electrons. The van der Waals surface area contributed by atoms with Crippen molar-refractivity contribution in [1.29, 1.82) is 0 Å². The Hall–Kier alpha value is -2.22. The molecule has 3 rings (SSSR count). The maximum atomic E-state index is 10.6. The van der Waals surface area contributed by atoms with E-state index in [2.05, 4.69) is 10.2 Å². The Bertz CT molecular complexity index is 673. The molecule has 0 saturated carbocycles. The molecule has 2 heterocycles. The molecule has 1 aromatic carbocycles. The number of benzene rings is 1. The number of aliphatic carboxylic acids is 1. The number of carbonyl (C=O) groups is 1. The minimum absolute atomic E-state index is 0.0587. The van der Waals surface area contributed by atoms with Crippen molar-refractivity contribution < 1.29 is 19.4 Å². The predicted molar refractivity (Wildman–Crippen MR) is 74.7 cm³/mol. The van der Waals surface area contributed by atoms with Crippen LogP contribution in [0, 0.1) is 0 Å². The van der Waals surface area contributed by atoms with Crippen LogP contribution in [0.15, 0.2) is 29.4 Å². The van der Waals surface area contributed by atoms with E-state index in [0.717, 1.165) is 11.8 Å². The molecule has 7 nitrogen and oxygen atoms in total. The van der Waals surface area contributed by atoms with Crippen molar-refractivity contribution >= 4 is 17.7 Å². The number of ether oxygens (including phenoxy) is 2. The fourth-order valence-corrected chi connectivity index (χ4v) is 2.64. The molecule has 1 aliphatic rings. The first-order valence-electron chi connectivity index (χ1n) is 6.27. The molecule has 0 saturated heterocycles. The second kappa shape index (κ2) is 5.65. The van der Waals surface area contributed by atoms with Crippen molar-refractivity contribution in [2.75, 3.05) is 12.4 Å². The number of hydrogen-bond acceptors (Lipinski definition) is 6. The van der Waals surface area contributed by atoms with Crippen molar-refractivity contribution in [3.05, 3.63) is 30.1 Å². The van der Waals surface area contributed by atoms with Gasteiger partial charge < -0.3 is 19.1 Å². The highest BCUT2D eigenvalue weighted by molar-refractivity contribution is 7.99.